The lowest BCUT2D eigenvalue weighted by Gasteiger charge is -2.38. The first-order valence-electron chi connectivity index (χ1n) is 8.74. The molecule has 0 aliphatic heterocycles. The molecule has 1 atom stereocenters. The van der Waals surface area contributed by atoms with Gasteiger partial charge in [0.15, 0.2) is 0 Å². The summed E-state index contributed by atoms with van der Waals surface area (Å²) < 4.78 is 11.1. The molecular weight excluding hydrogens is 332 g/mol. The Hall–Kier alpha value is -2.69. The number of esters is 1. The van der Waals surface area contributed by atoms with Gasteiger partial charge in [-0.2, -0.15) is 0 Å². The van der Waals surface area contributed by atoms with Crippen molar-refractivity contribution in [2.45, 2.75) is 52.1 Å². The first kappa shape index (κ1) is 16.8. The second kappa shape index (κ2) is 5.40. The molecule has 4 rings (SSSR count). The van der Waals surface area contributed by atoms with E-state index in [0.29, 0.717) is 40.0 Å². The number of ether oxygens (including phenoxy) is 1. The molecule has 1 unspecified atom stereocenters. The third kappa shape index (κ3) is 2.19. The third-order valence-electron chi connectivity index (χ3n) is 5.52. The van der Waals surface area contributed by atoms with E-state index in [0.717, 1.165) is 12.0 Å². The Morgan fingerprint density at radius 1 is 1.19 bits per heavy atom. The Bertz CT molecular complexity index is 977. The van der Waals surface area contributed by atoms with Crippen molar-refractivity contribution in [2.24, 2.45) is 0 Å². The first-order valence-corrected chi connectivity index (χ1v) is 8.74. The molecule has 0 N–H and O–H groups in total. The lowest BCUT2D eigenvalue weighted by Crippen LogP contribution is -2.32. The van der Waals surface area contributed by atoms with Crippen LogP contribution in [0.15, 0.2) is 22.8 Å². The van der Waals surface area contributed by atoms with Crippen molar-refractivity contribution in [1.29, 1.82) is 0 Å². The van der Waals surface area contributed by atoms with Gasteiger partial charge >= 0.3 is 5.97 Å². The number of aryl methyl sites for hydroxylation is 1. The van der Waals surface area contributed by atoms with E-state index in [4.69, 9.17) is 9.15 Å². The molecule has 2 aliphatic rings. The lowest BCUT2D eigenvalue weighted by molar-refractivity contribution is -0.147. The maximum Gasteiger partial charge on any atom is 0.303 e. The molecule has 0 bridgehead atoms. The van der Waals surface area contributed by atoms with Crippen molar-refractivity contribution < 1.29 is 23.5 Å². The van der Waals surface area contributed by atoms with Crippen LogP contribution in [0.2, 0.25) is 0 Å². The zero-order valence-electron chi connectivity index (χ0n) is 15.3. The summed E-state index contributed by atoms with van der Waals surface area (Å²) in [6, 6.07) is 3.81. The number of ketones is 2. The fraction of sp³-hybridized carbons (Fsp3) is 0.381. The van der Waals surface area contributed by atoms with Gasteiger partial charge in [0.05, 0.1) is 11.8 Å². The molecule has 2 aromatic rings. The lowest BCUT2D eigenvalue weighted by atomic mass is 9.68. The average molecular weight is 352 g/mol. The van der Waals surface area contributed by atoms with E-state index in [2.05, 4.69) is 13.8 Å². The molecule has 0 amide bonds. The number of carbonyl (C=O) groups excluding carboxylic acids is 3. The number of rotatable bonds is 1. The summed E-state index contributed by atoms with van der Waals surface area (Å²) in [7, 11) is 0. The van der Waals surface area contributed by atoms with Crippen LogP contribution in [-0.2, 0) is 14.9 Å². The topological polar surface area (TPSA) is 73.6 Å². The van der Waals surface area contributed by atoms with E-state index in [9.17, 15) is 14.4 Å². The number of Topliss-reactive ketones (excluding diaryl/α,β-unsaturated/α-hetero) is 2. The van der Waals surface area contributed by atoms with Crippen LogP contribution in [0.5, 0.6) is 0 Å². The van der Waals surface area contributed by atoms with Crippen molar-refractivity contribution >= 4 is 17.5 Å². The number of fused-ring (bicyclic) bond motifs is 5. The molecule has 26 heavy (non-hydrogen) atoms. The fourth-order valence-electron chi connectivity index (χ4n) is 4.22. The van der Waals surface area contributed by atoms with E-state index >= 15 is 0 Å². The van der Waals surface area contributed by atoms with Gasteiger partial charge in [-0.3, -0.25) is 14.4 Å². The predicted octanol–water partition coefficient (Wildman–Crippen LogP) is 4.31. The summed E-state index contributed by atoms with van der Waals surface area (Å²) >= 11 is 0. The second-order valence-electron chi connectivity index (χ2n) is 7.75. The van der Waals surface area contributed by atoms with Crippen LogP contribution in [0.1, 0.15) is 77.1 Å². The highest BCUT2D eigenvalue weighted by Crippen LogP contribution is 2.49. The molecule has 0 radical (unpaired) electrons. The fourth-order valence-corrected chi connectivity index (χ4v) is 4.22. The van der Waals surface area contributed by atoms with Crippen molar-refractivity contribution in [3.8, 4) is 11.3 Å². The van der Waals surface area contributed by atoms with Crippen molar-refractivity contribution in [1.82, 2.24) is 0 Å². The summed E-state index contributed by atoms with van der Waals surface area (Å²) in [5.74, 6) is -1.09. The van der Waals surface area contributed by atoms with E-state index in [1.54, 1.807) is 6.92 Å². The molecule has 134 valence electrons. The molecule has 5 heteroatoms. The minimum absolute atomic E-state index is 0.177. The van der Waals surface area contributed by atoms with Crippen molar-refractivity contribution in [3.63, 3.8) is 0 Å². The number of benzene rings is 1. The van der Waals surface area contributed by atoms with Crippen LogP contribution < -0.4 is 0 Å². The quantitative estimate of drug-likeness (QED) is 0.565. The molecule has 1 aromatic carbocycles. The van der Waals surface area contributed by atoms with Gasteiger partial charge in [0.25, 0.3) is 0 Å². The van der Waals surface area contributed by atoms with Crippen LogP contribution in [0.25, 0.3) is 11.3 Å². The predicted molar refractivity (Wildman–Crippen MR) is 94.3 cm³/mol. The van der Waals surface area contributed by atoms with Crippen LogP contribution in [0.4, 0.5) is 0 Å². The second-order valence-corrected chi connectivity index (χ2v) is 7.75. The maximum atomic E-state index is 13.0. The van der Waals surface area contributed by atoms with Gasteiger partial charge in [0.1, 0.15) is 11.9 Å². The summed E-state index contributed by atoms with van der Waals surface area (Å²) in [6.45, 7) is 7.30. The summed E-state index contributed by atoms with van der Waals surface area (Å²) in [6.07, 6.45) is 2.41. The minimum Gasteiger partial charge on any atom is -0.463 e. The molecular formula is C21H20O5. The van der Waals surface area contributed by atoms with E-state index in [1.165, 1.54) is 13.2 Å². The average Bonchev–Trinajstić information content (AvgIpc) is 2.96. The smallest absolute Gasteiger partial charge is 0.303 e. The first-order chi connectivity index (χ1) is 12.2. The van der Waals surface area contributed by atoms with Crippen LogP contribution in [0, 0.1) is 6.92 Å². The molecule has 5 nitrogen and oxygen atoms in total. The summed E-state index contributed by atoms with van der Waals surface area (Å²) in [5.41, 5.74) is 3.34. The van der Waals surface area contributed by atoms with Gasteiger partial charge in [0, 0.05) is 23.6 Å². The number of furan rings is 1. The van der Waals surface area contributed by atoms with E-state index in [-0.39, 0.29) is 5.41 Å². The van der Waals surface area contributed by atoms with Gasteiger partial charge in [-0.05, 0) is 36.3 Å². The number of carbonyl (C=O) groups is 3. The van der Waals surface area contributed by atoms with Gasteiger partial charge in [-0.1, -0.05) is 26.0 Å². The zero-order valence-corrected chi connectivity index (χ0v) is 15.3. The van der Waals surface area contributed by atoms with E-state index in [1.807, 2.05) is 12.1 Å². The zero-order chi connectivity index (χ0) is 18.8. The van der Waals surface area contributed by atoms with E-state index < -0.39 is 23.6 Å². The normalized spacial score (nSPS) is 20.2. The molecule has 1 aromatic heterocycles. The maximum absolute atomic E-state index is 13.0. The van der Waals surface area contributed by atoms with Crippen molar-refractivity contribution in [2.75, 3.05) is 0 Å². The van der Waals surface area contributed by atoms with Gasteiger partial charge < -0.3 is 9.15 Å². The van der Waals surface area contributed by atoms with Crippen LogP contribution >= 0.6 is 0 Å². The van der Waals surface area contributed by atoms with Gasteiger partial charge in [0.2, 0.25) is 11.6 Å². The van der Waals surface area contributed by atoms with Crippen LogP contribution in [0.3, 0.4) is 0 Å². The van der Waals surface area contributed by atoms with Crippen molar-refractivity contribution in [3.05, 3.63) is 46.2 Å². The monoisotopic (exact) mass is 352 g/mol. The standard InChI is InChI=1S/C21H20O5/c1-10-9-25-20-12-5-6-13-17(16(12)19(24)18(23)15(10)20)14(26-11(2)22)7-8-21(13,3)4/h5-6,9,14H,7-8H2,1-4H3. The third-order valence-corrected chi connectivity index (χ3v) is 5.52. The number of hydrogen-bond acceptors (Lipinski definition) is 5. The molecule has 0 spiro atoms. The SMILES string of the molecule is CC(=O)OC1CCC(C)(C)c2ccc3c(c21)C(=O)C(=O)c1c(C)coc1-3. The molecule has 1 heterocycles. The van der Waals surface area contributed by atoms with Crippen LogP contribution in [-0.4, -0.2) is 17.5 Å². The Morgan fingerprint density at radius 3 is 2.58 bits per heavy atom. The Labute approximate surface area is 151 Å². The minimum atomic E-state index is -0.558. The highest BCUT2D eigenvalue weighted by Gasteiger charge is 2.43. The largest absolute Gasteiger partial charge is 0.463 e. The summed E-state index contributed by atoms with van der Waals surface area (Å²) in [4.78, 5) is 37.3. The highest BCUT2D eigenvalue weighted by atomic mass is 16.5. The highest BCUT2D eigenvalue weighted by molar-refractivity contribution is 6.53. The van der Waals surface area contributed by atoms with Gasteiger partial charge in [-0.25, -0.2) is 0 Å². The molecule has 2 aliphatic carbocycles. The number of hydrogen-bond donors (Lipinski definition) is 0. The Morgan fingerprint density at radius 2 is 1.88 bits per heavy atom. The van der Waals surface area contributed by atoms with Gasteiger partial charge in [-0.15, -0.1) is 0 Å². The molecule has 0 fully saturated rings. The Kier molecular flexibility index (Phi) is 3.48. The Balaban J connectivity index is 2.04. The molecule has 0 saturated heterocycles. The summed E-state index contributed by atoms with van der Waals surface area (Å²) in [5, 5.41) is 0. The molecule has 0 saturated carbocycles.